The van der Waals surface area contributed by atoms with Gasteiger partial charge in [0.05, 0.1) is 11.1 Å². The Morgan fingerprint density at radius 1 is 0.727 bits per heavy atom. The number of hydrogen-bond donors (Lipinski definition) is 3. The summed E-state index contributed by atoms with van der Waals surface area (Å²) in [4.78, 5) is 21.5. The van der Waals surface area contributed by atoms with Crippen molar-refractivity contribution in [3.8, 4) is 0 Å². The molecule has 3 N–H and O–H groups in total. The maximum atomic E-state index is 10.7. The van der Waals surface area contributed by atoms with Crippen LogP contribution in [0.15, 0.2) is 48.5 Å². The summed E-state index contributed by atoms with van der Waals surface area (Å²) < 4.78 is 0. The highest BCUT2D eigenvalue weighted by Crippen LogP contribution is 2.11. The van der Waals surface area contributed by atoms with Crippen molar-refractivity contribution in [3.05, 3.63) is 70.8 Å². The smallest absolute Gasteiger partial charge is 0.335 e. The van der Waals surface area contributed by atoms with Crippen molar-refractivity contribution < 1.29 is 25.0 Å². The van der Waals surface area contributed by atoms with Crippen LogP contribution in [0.1, 0.15) is 31.8 Å². The number of rotatable bonds is 6. The molecule has 0 aromatic heterocycles. The van der Waals surface area contributed by atoms with Gasteiger partial charge in [-0.2, -0.15) is 5.06 Å². The van der Waals surface area contributed by atoms with E-state index in [1.54, 1.807) is 24.3 Å². The highest BCUT2D eigenvalue weighted by molar-refractivity contribution is 5.87. The molecule has 0 amide bonds. The molecule has 0 atom stereocenters. The van der Waals surface area contributed by atoms with Crippen LogP contribution in [-0.4, -0.2) is 32.4 Å². The van der Waals surface area contributed by atoms with Crippen LogP contribution in [-0.2, 0) is 13.1 Å². The summed E-state index contributed by atoms with van der Waals surface area (Å²) in [6, 6.07) is 12.5. The van der Waals surface area contributed by atoms with Gasteiger partial charge in [-0.1, -0.05) is 24.3 Å². The van der Waals surface area contributed by atoms with Gasteiger partial charge in [0.2, 0.25) is 0 Å². The molecule has 2 rings (SSSR count). The van der Waals surface area contributed by atoms with Crippen molar-refractivity contribution in [2.24, 2.45) is 0 Å². The highest BCUT2D eigenvalue weighted by atomic mass is 16.5. The lowest BCUT2D eigenvalue weighted by atomic mass is 10.1. The quantitative estimate of drug-likeness (QED) is 0.709. The van der Waals surface area contributed by atoms with Gasteiger partial charge in [0.15, 0.2) is 0 Å². The van der Waals surface area contributed by atoms with Crippen molar-refractivity contribution in [1.82, 2.24) is 5.06 Å². The zero-order valence-electron chi connectivity index (χ0n) is 11.6. The lowest BCUT2D eigenvalue weighted by Crippen LogP contribution is -2.18. The molecule has 0 bridgehead atoms. The van der Waals surface area contributed by atoms with Gasteiger partial charge in [-0.25, -0.2) is 9.59 Å². The van der Waals surface area contributed by atoms with Crippen LogP contribution in [0.2, 0.25) is 0 Å². The normalized spacial score (nSPS) is 10.6. The number of carboxylic acids is 2. The average Bonchev–Trinajstić information content (AvgIpc) is 2.48. The molecular formula is C16H15NO5. The van der Waals surface area contributed by atoms with Crippen LogP contribution in [0.4, 0.5) is 0 Å². The summed E-state index contributed by atoms with van der Waals surface area (Å²) in [5, 5.41) is 28.6. The Kier molecular flexibility index (Phi) is 4.88. The fourth-order valence-electron chi connectivity index (χ4n) is 1.98. The fraction of sp³-hybridized carbons (Fsp3) is 0.125. The summed E-state index contributed by atoms with van der Waals surface area (Å²) >= 11 is 0. The second-order valence-electron chi connectivity index (χ2n) is 4.83. The molecule has 0 aliphatic rings. The summed E-state index contributed by atoms with van der Waals surface area (Å²) in [5.41, 5.74) is 1.93. The molecule has 0 aliphatic carbocycles. The lowest BCUT2D eigenvalue weighted by Gasteiger charge is -2.15. The highest BCUT2D eigenvalue weighted by Gasteiger charge is 2.07. The van der Waals surface area contributed by atoms with E-state index in [9.17, 15) is 14.8 Å². The third-order valence-corrected chi connectivity index (χ3v) is 3.13. The van der Waals surface area contributed by atoms with E-state index in [2.05, 4.69) is 0 Å². The summed E-state index contributed by atoms with van der Waals surface area (Å²) in [6.07, 6.45) is 0. The Balaban J connectivity index is 1.95. The van der Waals surface area contributed by atoms with Gasteiger partial charge in [-0.05, 0) is 35.4 Å². The number of hydrogen-bond acceptors (Lipinski definition) is 4. The predicted molar refractivity (Wildman–Crippen MR) is 77.8 cm³/mol. The standard InChI is InChI=1S/C16H15NO5/c18-15(19)13-5-1-11(2-6-13)9-17(22)10-12-3-7-14(8-4-12)16(20)21/h1-8,22H,9-10H2,(H,18,19)(H,20,21). The van der Waals surface area contributed by atoms with Crippen LogP contribution < -0.4 is 0 Å². The van der Waals surface area contributed by atoms with E-state index >= 15 is 0 Å². The Labute approximate surface area is 126 Å². The molecule has 0 spiro atoms. The summed E-state index contributed by atoms with van der Waals surface area (Å²) in [6.45, 7) is 0.473. The van der Waals surface area contributed by atoms with Crippen molar-refractivity contribution in [1.29, 1.82) is 0 Å². The maximum Gasteiger partial charge on any atom is 0.335 e. The van der Waals surface area contributed by atoms with Gasteiger partial charge >= 0.3 is 11.9 Å². The second-order valence-corrected chi connectivity index (χ2v) is 4.83. The molecule has 6 nitrogen and oxygen atoms in total. The van der Waals surface area contributed by atoms with E-state index in [1.807, 2.05) is 0 Å². The number of aromatic carboxylic acids is 2. The Morgan fingerprint density at radius 3 is 1.32 bits per heavy atom. The third kappa shape index (κ3) is 4.15. The first-order valence-corrected chi connectivity index (χ1v) is 6.54. The molecule has 0 saturated heterocycles. The van der Waals surface area contributed by atoms with Crippen LogP contribution in [0, 0.1) is 0 Å². The molecule has 6 heteroatoms. The lowest BCUT2D eigenvalue weighted by molar-refractivity contribution is -0.108. The maximum absolute atomic E-state index is 10.7. The van der Waals surface area contributed by atoms with Crippen molar-refractivity contribution in [2.45, 2.75) is 13.1 Å². The van der Waals surface area contributed by atoms with Crippen LogP contribution in [0.5, 0.6) is 0 Å². The Bertz CT molecular complexity index is 604. The first-order valence-electron chi connectivity index (χ1n) is 6.54. The van der Waals surface area contributed by atoms with Gasteiger partial charge in [-0.3, -0.25) is 0 Å². The zero-order chi connectivity index (χ0) is 16.1. The first kappa shape index (κ1) is 15.7. The van der Waals surface area contributed by atoms with Crippen molar-refractivity contribution in [2.75, 3.05) is 0 Å². The van der Waals surface area contributed by atoms with E-state index in [1.165, 1.54) is 24.3 Å². The average molecular weight is 301 g/mol. The van der Waals surface area contributed by atoms with Gasteiger partial charge in [0.25, 0.3) is 0 Å². The Morgan fingerprint density at radius 2 is 1.05 bits per heavy atom. The molecule has 0 heterocycles. The van der Waals surface area contributed by atoms with E-state index in [0.29, 0.717) is 0 Å². The van der Waals surface area contributed by atoms with Gasteiger partial charge in [-0.15, -0.1) is 0 Å². The fourth-order valence-corrected chi connectivity index (χ4v) is 1.98. The van der Waals surface area contributed by atoms with Crippen molar-refractivity contribution in [3.63, 3.8) is 0 Å². The molecule has 0 fully saturated rings. The molecule has 114 valence electrons. The number of benzene rings is 2. The van der Waals surface area contributed by atoms with Crippen LogP contribution >= 0.6 is 0 Å². The largest absolute Gasteiger partial charge is 0.478 e. The van der Waals surface area contributed by atoms with E-state index < -0.39 is 11.9 Å². The van der Waals surface area contributed by atoms with Gasteiger partial charge < -0.3 is 15.4 Å². The minimum atomic E-state index is -0.995. The SMILES string of the molecule is O=C(O)c1ccc(CN(O)Cc2ccc(C(=O)O)cc2)cc1. The predicted octanol–water partition coefficient (Wildman–Crippen LogP) is 2.47. The molecule has 0 unspecified atom stereocenters. The molecule has 2 aromatic rings. The number of nitrogens with zero attached hydrogens (tertiary/aromatic N) is 1. The van der Waals surface area contributed by atoms with E-state index in [-0.39, 0.29) is 24.2 Å². The topological polar surface area (TPSA) is 98.1 Å². The van der Waals surface area contributed by atoms with Gasteiger partial charge in [0, 0.05) is 13.1 Å². The van der Waals surface area contributed by atoms with Gasteiger partial charge in [0.1, 0.15) is 0 Å². The third-order valence-electron chi connectivity index (χ3n) is 3.13. The summed E-state index contributed by atoms with van der Waals surface area (Å²) in [5.74, 6) is -1.99. The van der Waals surface area contributed by atoms with Crippen molar-refractivity contribution >= 4 is 11.9 Å². The molecule has 0 radical (unpaired) electrons. The molecule has 0 saturated carbocycles. The first-order chi connectivity index (χ1) is 10.5. The van der Waals surface area contributed by atoms with Crippen LogP contribution in [0.3, 0.4) is 0 Å². The summed E-state index contributed by atoms with van der Waals surface area (Å²) in [7, 11) is 0. The zero-order valence-corrected chi connectivity index (χ0v) is 11.6. The second kappa shape index (κ2) is 6.84. The number of carboxylic acid groups (broad SMARTS) is 2. The molecule has 0 aliphatic heterocycles. The van der Waals surface area contributed by atoms with E-state index in [4.69, 9.17) is 10.2 Å². The molecule has 22 heavy (non-hydrogen) atoms. The van der Waals surface area contributed by atoms with Crippen LogP contribution in [0.25, 0.3) is 0 Å². The van der Waals surface area contributed by atoms with E-state index in [0.717, 1.165) is 16.2 Å². The monoisotopic (exact) mass is 301 g/mol. The molecule has 2 aromatic carbocycles. The number of carbonyl (C=O) groups is 2. The minimum absolute atomic E-state index is 0.192. The minimum Gasteiger partial charge on any atom is -0.478 e. The Hall–Kier alpha value is -2.70. The number of hydroxylamine groups is 2. The molecular weight excluding hydrogens is 286 g/mol.